The first-order chi connectivity index (χ1) is 9.20. The molecule has 2 rings (SSSR count). The van der Waals surface area contributed by atoms with Gasteiger partial charge in [0.15, 0.2) is 0 Å². The van der Waals surface area contributed by atoms with Crippen LogP contribution < -0.4 is 5.32 Å². The Bertz CT molecular complexity index is 494. The molecule has 0 amide bonds. The normalized spacial score (nSPS) is 10.9. The van der Waals surface area contributed by atoms with Crippen LogP contribution >= 0.6 is 0 Å². The molecule has 0 saturated heterocycles. The van der Waals surface area contributed by atoms with Crippen molar-refractivity contribution in [2.75, 3.05) is 13.6 Å². The summed E-state index contributed by atoms with van der Waals surface area (Å²) in [6, 6.07) is 13.0. The lowest BCUT2D eigenvalue weighted by atomic mass is 9.88. The van der Waals surface area contributed by atoms with Gasteiger partial charge in [0.2, 0.25) is 0 Å². The summed E-state index contributed by atoms with van der Waals surface area (Å²) in [6.45, 7) is 0.789. The first-order valence-electron chi connectivity index (χ1n) is 6.36. The zero-order chi connectivity index (χ0) is 13.7. The molecule has 0 aliphatic carbocycles. The van der Waals surface area contributed by atoms with Gasteiger partial charge in [-0.05, 0) is 55.4 Å². The summed E-state index contributed by atoms with van der Waals surface area (Å²) >= 11 is 0. The van der Waals surface area contributed by atoms with Crippen LogP contribution in [0.5, 0.6) is 0 Å². The van der Waals surface area contributed by atoms with E-state index in [1.807, 2.05) is 19.2 Å². The van der Waals surface area contributed by atoms with Gasteiger partial charge in [-0.3, -0.25) is 0 Å². The quantitative estimate of drug-likeness (QED) is 0.864. The standard InChI is InChI=1S/C16H17F2N/c1-19-9-8-16(12-4-2-6-14(17)10-12)13-5-3-7-15(18)11-13/h2-7,10-11,16,19H,8-9H2,1H3/i1-1. The molecule has 0 fully saturated rings. The fraction of sp³-hybridized carbons (Fsp3) is 0.250. The Labute approximate surface area is 112 Å². The van der Waals surface area contributed by atoms with E-state index in [9.17, 15) is 8.78 Å². The van der Waals surface area contributed by atoms with Gasteiger partial charge in [0.05, 0.1) is 0 Å². The van der Waals surface area contributed by atoms with Crippen molar-refractivity contribution < 1.29 is 8.78 Å². The second kappa shape index (κ2) is 6.43. The maximum atomic E-state index is 13.4. The van der Waals surface area contributed by atoms with Crippen LogP contribution in [0.15, 0.2) is 48.5 Å². The van der Waals surface area contributed by atoms with Crippen LogP contribution in [0.4, 0.5) is 8.78 Å². The van der Waals surface area contributed by atoms with E-state index in [1.165, 1.54) is 24.3 Å². The smallest absolute Gasteiger partial charge is 0.123 e. The molecule has 1 nitrogen and oxygen atoms in total. The monoisotopic (exact) mass is 260 g/mol. The van der Waals surface area contributed by atoms with E-state index in [1.54, 1.807) is 12.1 Å². The molecule has 0 aliphatic rings. The molecule has 0 unspecified atom stereocenters. The summed E-state index contributed by atoms with van der Waals surface area (Å²) in [6.07, 6.45) is 0.795. The van der Waals surface area contributed by atoms with Crippen molar-refractivity contribution in [1.29, 1.82) is 0 Å². The minimum atomic E-state index is -0.261. The van der Waals surface area contributed by atoms with Gasteiger partial charge in [0, 0.05) is 5.92 Å². The molecule has 2 aromatic carbocycles. The first-order valence-corrected chi connectivity index (χ1v) is 6.36. The third kappa shape index (κ3) is 3.61. The summed E-state index contributed by atoms with van der Waals surface area (Å²) in [5.74, 6) is -0.523. The number of hydrogen-bond acceptors (Lipinski definition) is 1. The predicted molar refractivity (Wildman–Crippen MR) is 73.2 cm³/mol. The minimum absolute atomic E-state index is 0.00106. The lowest BCUT2D eigenvalue weighted by Crippen LogP contribution is -2.13. The van der Waals surface area contributed by atoms with E-state index < -0.39 is 0 Å². The third-order valence-corrected chi connectivity index (χ3v) is 3.19. The third-order valence-electron chi connectivity index (χ3n) is 3.19. The fourth-order valence-electron chi connectivity index (χ4n) is 2.26. The molecular formula is C16H17F2N. The van der Waals surface area contributed by atoms with Crippen LogP contribution in [0, 0.1) is 11.6 Å². The topological polar surface area (TPSA) is 12.0 Å². The Morgan fingerprint density at radius 3 is 1.89 bits per heavy atom. The average Bonchev–Trinajstić information content (AvgIpc) is 2.39. The number of nitrogens with one attached hydrogen (secondary N) is 1. The highest BCUT2D eigenvalue weighted by Crippen LogP contribution is 2.28. The summed E-state index contributed by atoms with van der Waals surface area (Å²) in [5.41, 5.74) is 1.75. The number of rotatable bonds is 5. The lowest BCUT2D eigenvalue weighted by Gasteiger charge is -2.18. The summed E-state index contributed by atoms with van der Waals surface area (Å²) < 4.78 is 26.7. The van der Waals surface area contributed by atoms with E-state index in [4.69, 9.17) is 0 Å². The molecular weight excluding hydrogens is 243 g/mol. The average molecular weight is 260 g/mol. The van der Waals surface area contributed by atoms with Gasteiger partial charge in [-0.2, -0.15) is 0 Å². The van der Waals surface area contributed by atoms with Crippen LogP contribution in [0.3, 0.4) is 0 Å². The fourth-order valence-corrected chi connectivity index (χ4v) is 2.26. The van der Waals surface area contributed by atoms with Crippen molar-refractivity contribution in [3.63, 3.8) is 0 Å². The van der Waals surface area contributed by atoms with Gasteiger partial charge in [0.25, 0.3) is 0 Å². The number of benzene rings is 2. The molecule has 0 aliphatic heterocycles. The molecule has 19 heavy (non-hydrogen) atoms. The zero-order valence-electron chi connectivity index (χ0n) is 10.9. The van der Waals surface area contributed by atoms with Crippen LogP contribution in [-0.4, -0.2) is 13.6 Å². The molecule has 1 N–H and O–H groups in total. The molecule has 3 heteroatoms. The zero-order valence-corrected chi connectivity index (χ0v) is 10.9. The van der Waals surface area contributed by atoms with Gasteiger partial charge in [-0.15, -0.1) is 0 Å². The van der Waals surface area contributed by atoms with E-state index in [-0.39, 0.29) is 17.6 Å². The Kier molecular flexibility index (Phi) is 4.63. The molecule has 0 heterocycles. The number of halogens is 2. The molecule has 2 aromatic rings. The van der Waals surface area contributed by atoms with Gasteiger partial charge < -0.3 is 5.32 Å². The van der Waals surface area contributed by atoms with Crippen molar-refractivity contribution in [1.82, 2.24) is 5.32 Å². The Morgan fingerprint density at radius 1 is 0.947 bits per heavy atom. The summed E-state index contributed by atoms with van der Waals surface area (Å²) in [7, 11) is 1.87. The van der Waals surface area contributed by atoms with Crippen molar-refractivity contribution in [3.8, 4) is 0 Å². The molecule has 0 spiro atoms. The molecule has 0 saturated carbocycles. The molecule has 0 bridgehead atoms. The van der Waals surface area contributed by atoms with Crippen molar-refractivity contribution in [2.24, 2.45) is 0 Å². The van der Waals surface area contributed by atoms with Crippen LogP contribution in [0.2, 0.25) is 0 Å². The summed E-state index contributed by atoms with van der Waals surface area (Å²) in [5, 5.41) is 3.08. The van der Waals surface area contributed by atoms with Crippen molar-refractivity contribution in [3.05, 3.63) is 71.3 Å². The van der Waals surface area contributed by atoms with Crippen LogP contribution in [0.1, 0.15) is 23.5 Å². The lowest BCUT2D eigenvalue weighted by molar-refractivity contribution is 0.607. The molecule has 100 valence electrons. The second-order valence-corrected chi connectivity index (χ2v) is 4.55. The van der Waals surface area contributed by atoms with Gasteiger partial charge in [0.1, 0.15) is 11.6 Å². The highest BCUT2D eigenvalue weighted by molar-refractivity contribution is 5.33. The molecule has 0 aromatic heterocycles. The molecule has 0 radical (unpaired) electrons. The first kappa shape index (κ1) is 13.7. The van der Waals surface area contributed by atoms with Crippen LogP contribution in [0.25, 0.3) is 0 Å². The maximum absolute atomic E-state index is 13.4. The minimum Gasteiger partial charge on any atom is -0.320 e. The highest BCUT2D eigenvalue weighted by Gasteiger charge is 2.14. The largest absolute Gasteiger partial charge is 0.320 e. The summed E-state index contributed by atoms with van der Waals surface area (Å²) in [4.78, 5) is 0. The Morgan fingerprint density at radius 2 is 1.47 bits per heavy atom. The second-order valence-electron chi connectivity index (χ2n) is 4.55. The van der Waals surface area contributed by atoms with Gasteiger partial charge in [-0.25, -0.2) is 8.78 Å². The van der Waals surface area contributed by atoms with Gasteiger partial charge in [-0.1, -0.05) is 24.3 Å². The number of hydrogen-bond donors (Lipinski definition) is 1. The maximum Gasteiger partial charge on any atom is 0.123 e. The van der Waals surface area contributed by atoms with E-state index in [0.29, 0.717) is 0 Å². The van der Waals surface area contributed by atoms with Crippen molar-refractivity contribution >= 4 is 0 Å². The SMILES string of the molecule is [11CH3]NCCC(c1cccc(F)c1)c1cccc(F)c1. The molecule has 0 atom stereocenters. The highest BCUT2D eigenvalue weighted by atomic mass is 19.1. The Hall–Kier alpha value is -1.74. The van der Waals surface area contributed by atoms with Gasteiger partial charge >= 0.3 is 0 Å². The van der Waals surface area contributed by atoms with E-state index in [0.717, 1.165) is 24.1 Å². The predicted octanol–water partition coefficient (Wildman–Crippen LogP) is 3.71. The van der Waals surface area contributed by atoms with E-state index in [2.05, 4.69) is 5.32 Å². The van der Waals surface area contributed by atoms with Crippen LogP contribution in [-0.2, 0) is 0 Å². The van der Waals surface area contributed by atoms with Crippen molar-refractivity contribution in [2.45, 2.75) is 12.3 Å². The Balaban J connectivity index is 2.35. The van der Waals surface area contributed by atoms with E-state index >= 15 is 0 Å².